The molecule has 1 aliphatic heterocycles. The molecule has 0 unspecified atom stereocenters. The molecule has 1 aliphatic rings. The Kier molecular flexibility index (Phi) is 9.78. The van der Waals surface area contributed by atoms with Crippen molar-refractivity contribution in [2.24, 2.45) is 0 Å². The van der Waals surface area contributed by atoms with Gasteiger partial charge in [0.05, 0.1) is 31.3 Å². The second kappa shape index (κ2) is 13.9. The predicted molar refractivity (Wildman–Crippen MR) is 145 cm³/mol. The highest BCUT2D eigenvalue weighted by Crippen LogP contribution is 2.28. The van der Waals surface area contributed by atoms with Gasteiger partial charge >= 0.3 is 12.1 Å². The Hall–Kier alpha value is -4.27. The summed E-state index contributed by atoms with van der Waals surface area (Å²) in [5.41, 5.74) is 3.85. The molecular formula is C29H34N4O5. The van der Waals surface area contributed by atoms with Crippen LogP contribution in [0.4, 0.5) is 16.2 Å². The van der Waals surface area contributed by atoms with E-state index >= 15 is 0 Å². The molecule has 1 amide bonds. The van der Waals surface area contributed by atoms with Gasteiger partial charge in [0.2, 0.25) is 0 Å². The summed E-state index contributed by atoms with van der Waals surface area (Å²) < 4.78 is 17.2. The number of anilines is 2. The van der Waals surface area contributed by atoms with E-state index in [0.29, 0.717) is 45.3 Å². The Morgan fingerprint density at radius 1 is 0.974 bits per heavy atom. The number of rotatable bonds is 14. The smallest absolute Gasteiger partial charge is 0.407 e. The monoisotopic (exact) mass is 518 g/mol. The number of benzene rings is 2. The van der Waals surface area contributed by atoms with Gasteiger partial charge in [-0.1, -0.05) is 24.8 Å². The number of nitrogens with zero attached hydrogens (tertiary/aromatic N) is 3. The van der Waals surface area contributed by atoms with Crippen molar-refractivity contribution in [2.45, 2.75) is 38.6 Å². The molecule has 2 heterocycles. The van der Waals surface area contributed by atoms with E-state index in [1.807, 2.05) is 42.5 Å². The summed E-state index contributed by atoms with van der Waals surface area (Å²) in [5.74, 6) is 1.66. The lowest BCUT2D eigenvalue weighted by Gasteiger charge is -2.27. The van der Waals surface area contributed by atoms with Crippen LogP contribution < -0.4 is 19.5 Å². The minimum absolute atomic E-state index is 0.363. The first-order valence-electron chi connectivity index (χ1n) is 12.9. The van der Waals surface area contributed by atoms with E-state index in [4.69, 9.17) is 14.2 Å². The fourth-order valence-electron chi connectivity index (χ4n) is 4.19. The zero-order valence-corrected chi connectivity index (χ0v) is 21.5. The Bertz CT molecular complexity index is 1180. The number of carbonyl (C=O) groups is 1. The van der Waals surface area contributed by atoms with Crippen LogP contribution in [0.2, 0.25) is 0 Å². The van der Waals surface area contributed by atoms with Crippen molar-refractivity contribution in [1.29, 1.82) is 0 Å². The van der Waals surface area contributed by atoms with Gasteiger partial charge in [-0.2, -0.15) is 0 Å². The molecule has 2 N–H and O–H groups in total. The summed E-state index contributed by atoms with van der Waals surface area (Å²) in [5, 5.41) is 12.5. The third kappa shape index (κ3) is 7.86. The first-order chi connectivity index (χ1) is 18.6. The van der Waals surface area contributed by atoms with Gasteiger partial charge in [-0.25, -0.2) is 14.8 Å². The Morgan fingerprint density at radius 2 is 1.71 bits per heavy atom. The maximum atomic E-state index is 11.2. The van der Waals surface area contributed by atoms with Crippen LogP contribution >= 0.6 is 0 Å². The molecule has 0 saturated heterocycles. The van der Waals surface area contributed by atoms with Gasteiger partial charge in [0.25, 0.3) is 0 Å². The van der Waals surface area contributed by atoms with E-state index in [2.05, 4.69) is 21.9 Å². The number of unbranched alkanes of at least 4 members (excludes halogenated alkanes) is 3. The molecule has 1 aromatic heterocycles. The molecule has 4 rings (SSSR count). The summed E-state index contributed by atoms with van der Waals surface area (Å²) in [6.07, 6.45) is 8.83. The summed E-state index contributed by atoms with van der Waals surface area (Å²) in [4.78, 5) is 21.2. The lowest BCUT2D eigenvalue weighted by atomic mass is 9.99. The molecule has 38 heavy (non-hydrogen) atoms. The van der Waals surface area contributed by atoms with Crippen molar-refractivity contribution in [1.82, 2.24) is 14.9 Å². The van der Waals surface area contributed by atoms with Gasteiger partial charge in [-0.15, -0.1) is 0 Å². The highest BCUT2D eigenvalue weighted by atomic mass is 16.5. The van der Waals surface area contributed by atoms with E-state index in [9.17, 15) is 9.90 Å². The SMILES string of the molecule is C=CCOc1ccc(Nc2cnc(OCCCCCCOc3cccc4c3CCN(C(=O)O)C4)nc2)cc1. The average Bonchev–Trinajstić information content (AvgIpc) is 2.94. The molecule has 3 aromatic rings. The van der Waals surface area contributed by atoms with Crippen molar-refractivity contribution < 1.29 is 24.1 Å². The third-order valence-corrected chi connectivity index (χ3v) is 6.16. The zero-order chi connectivity index (χ0) is 26.6. The summed E-state index contributed by atoms with van der Waals surface area (Å²) in [7, 11) is 0. The third-order valence-electron chi connectivity index (χ3n) is 6.16. The number of amides is 1. The van der Waals surface area contributed by atoms with Crippen molar-refractivity contribution in [2.75, 3.05) is 31.7 Å². The molecule has 200 valence electrons. The van der Waals surface area contributed by atoms with E-state index < -0.39 is 6.09 Å². The first-order valence-corrected chi connectivity index (χ1v) is 12.9. The molecule has 2 aromatic carbocycles. The van der Waals surface area contributed by atoms with Crippen LogP contribution in [0.25, 0.3) is 0 Å². The van der Waals surface area contributed by atoms with Gasteiger partial charge in [0, 0.05) is 24.3 Å². The minimum atomic E-state index is -0.875. The lowest BCUT2D eigenvalue weighted by molar-refractivity contribution is 0.139. The maximum absolute atomic E-state index is 11.2. The number of hydrogen-bond acceptors (Lipinski definition) is 7. The molecule has 0 bridgehead atoms. The van der Waals surface area contributed by atoms with Gasteiger partial charge in [0.1, 0.15) is 18.1 Å². The van der Waals surface area contributed by atoms with Crippen molar-refractivity contribution >= 4 is 17.5 Å². The largest absolute Gasteiger partial charge is 0.493 e. The fourth-order valence-corrected chi connectivity index (χ4v) is 4.19. The van der Waals surface area contributed by atoms with E-state index in [0.717, 1.165) is 59.7 Å². The van der Waals surface area contributed by atoms with E-state index in [1.54, 1.807) is 18.5 Å². The summed E-state index contributed by atoms with van der Waals surface area (Å²) in [6.45, 7) is 6.25. The molecule has 0 aliphatic carbocycles. The Labute approximate surface area is 223 Å². The molecular weight excluding hydrogens is 484 g/mol. The maximum Gasteiger partial charge on any atom is 0.407 e. The van der Waals surface area contributed by atoms with Crippen molar-refractivity contribution in [3.63, 3.8) is 0 Å². The number of nitrogens with one attached hydrogen (secondary N) is 1. The molecule has 0 fully saturated rings. The molecule has 9 nitrogen and oxygen atoms in total. The van der Waals surface area contributed by atoms with Crippen LogP contribution in [-0.4, -0.2) is 52.4 Å². The number of carboxylic acid groups (broad SMARTS) is 1. The number of fused-ring (bicyclic) bond motifs is 1. The number of hydrogen-bond donors (Lipinski definition) is 2. The average molecular weight is 519 g/mol. The summed E-state index contributed by atoms with van der Waals surface area (Å²) >= 11 is 0. The van der Waals surface area contributed by atoms with Gasteiger partial charge in [-0.3, -0.25) is 0 Å². The van der Waals surface area contributed by atoms with Crippen LogP contribution in [0.5, 0.6) is 17.5 Å². The molecule has 0 saturated carbocycles. The lowest BCUT2D eigenvalue weighted by Crippen LogP contribution is -2.34. The van der Waals surface area contributed by atoms with Gasteiger partial charge in [0.15, 0.2) is 0 Å². The quantitative estimate of drug-likeness (QED) is 0.203. The minimum Gasteiger partial charge on any atom is -0.493 e. The number of ether oxygens (including phenoxy) is 3. The highest BCUT2D eigenvalue weighted by molar-refractivity contribution is 5.66. The second-order valence-corrected chi connectivity index (χ2v) is 8.96. The standard InChI is InChI=1S/C29H34N4O5/c1-2-16-36-25-12-10-23(11-13-25)32-24-19-30-28(31-20-24)38-18-6-4-3-5-17-37-27-9-7-8-22-21-33(29(34)35)15-14-26(22)27/h2,7-13,19-20,32H,1,3-6,14-18,21H2,(H,34,35). The molecule has 0 atom stereocenters. The van der Waals surface area contributed by atoms with Crippen LogP contribution in [0.1, 0.15) is 36.8 Å². The topological polar surface area (TPSA) is 106 Å². The van der Waals surface area contributed by atoms with E-state index in [-0.39, 0.29) is 0 Å². The Balaban J connectivity index is 1.09. The van der Waals surface area contributed by atoms with Crippen LogP contribution in [0.15, 0.2) is 67.5 Å². The highest BCUT2D eigenvalue weighted by Gasteiger charge is 2.22. The van der Waals surface area contributed by atoms with Crippen LogP contribution in [0, 0.1) is 0 Å². The first kappa shape index (κ1) is 26.8. The van der Waals surface area contributed by atoms with Crippen molar-refractivity contribution in [3.05, 3.63) is 78.6 Å². The second-order valence-electron chi connectivity index (χ2n) is 8.96. The molecule has 9 heteroatoms. The summed E-state index contributed by atoms with van der Waals surface area (Å²) in [6, 6.07) is 13.9. The van der Waals surface area contributed by atoms with Crippen molar-refractivity contribution in [3.8, 4) is 17.5 Å². The zero-order valence-electron chi connectivity index (χ0n) is 21.5. The van der Waals surface area contributed by atoms with Crippen LogP contribution in [-0.2, 0) is 13.0 Å². The van der Waals surface area contributed by atoms with E-state index in [1.165, 1.54) is 4.90 Å². The predicted octanol–water partition coefficient (Wildman–Crippen LogP) is 5.84. The van der Waals surface area contributed by atoms with Gasteiger partial charge in [-0.05, 0) is 68.0 Å². The van der Waals surface area contributed by atoms with Crippen LogP contribution in [0.3, 0.4) is 0 Å². The fraction of sp³-hybridized carbons (Fsp3) is 0.345. The molecule has 0 radical (unpaired) electrons. The Morgan fingerprint density at radius 3 is 2.42 bits per heavy atom. The number of aromatic nitrogens is 2. The molecule has 0 spiro atoms. The van der Waals surface area contributed by atoms with Gasteiger partial charge < -0.3 is 29.5 Å². The normalized spacial score (nSPS) is 12.4.